The predicted molar refractivity (Wildman–Crippen MR) is 73.5 cm³/mol. The fraction of sp³-hybridized carbons (Fsp3) is 0.357. The van der Waals surface area contributed by atoms with Gasteiger partial charge in [0, 0.05) is 17.2 Å². The van der Waals surface area contributed by atoms with Gasteiger partial charge in [0.05, 0.1) is 11.8 Å². The van der Waals surface area contributed by atoms with Crippen LogP contribution in [0.1, 0.15) is 37.4 Å². The molecule has 0 aliphatic rings. The average molecular weight is 291 g/mol. The van der Waals surface area contributed by atoms with Gasteiger partial charge < -0.3 is 4.52 Å². The van der Waals surface area contributed by atoms with Crippen LogP contribution in [0, 0.1) is 17.1 Å². The molecule has 0 bridgehead atoms. The molecule has 0 aliphatic carbocycles. The Hall–Kier alpha value is -1.87. The first-order valence-corrected chi connectivity index (χ1v) is 7.25. The van der Waals surface area contributed by atoms with E-state index in [9.17, 15) is 4.39 Å². The summed E-state index contributed by atoms with van der Waals surface area (Å²) in [5.41, 5.74) is 0. The highest BCUT2D eigenvalue weighted by atomic mass is 32.2. The molecule has 0 N–H and O–H groups in total. The van der Waals surface area contributed by atoms with E-state index in [4.69, 9.17) is 9.78 Å². The molecule has 4 nitrogen and oxygen atoms in total. The first kappa shape index (κ1) is 14.5. The van der Waals surface area contributed by atoms with Crippen LogP contribution in [0.4, 0.5) is 4.39 Å². The van der Waals surface area contributed by atoms with Gasteiger partial charge in [-0.05, 0) is 24.6 Å². The van der Waals surface area contributed by atoms with E-state index in [1.807, 2.05) is 13.0 Å². The molecule has 2 aromatic rings. The molecular formula is C14H14FN3OS. The Morgan fingerprint density at radius 1 is 1.50 bits per heavy atom. The number of nitrogens with zero attached hydrogens (tertiary/aromatic N) is 3. The smallest absolute Gasteiger partial charge is 0.229 e. The lowest BCUT2D eigenvalue weighted by molar-refractivity contribution is 0.351. The number of aromatic nitrogens is 2. The van der Waals surface area contributed by atoms with Crippen molar-refractivity contribution in [3.8, 4) is 6.07 Å². The van der Waals surface area contributed by atoms with Crippen molar-refractivity contribution in [3.63, 3.8) is 0 Å². The standard InChI is InChI=1S/C14H14FN3OS/c1-10(4-3-7-16)14-17-13(18-19-14)9-20-12-6-2-5-11(15)8-12/h2,5-6,8,10H,3-4,9H2,1H3. The Labute approximate surface area is 121 Å². The maximum Gasteiger partial charge on any atom is 0.229 e. The summed E-state index contributed by atoms with van der Waals surface area (Å²) in [5.74, 6) is 1.48. The van der Waals surface area contributed by atoms with Gasteiger partial charge >= 0.3 is 0 Å². The molecule has 0 aliphatic heterocycles. The first-order chi connectivity index (χ1) is 9.69. The summed E-state index contributed by atoms with van der Waals surface area (Å²) >= 11 is 1.45. The lowest BCUT2D eigenvalue weighted by Crippen LogP contribution is -1.94. The van der Waals surface area contributed by atoms with Crippen molar-refractivity contribution >= 4 is 11.8 Å². The molecule has 20 heavy (non-hydrogen) atoms. The van der Waals surface area contributed by atoms with E-state index in [1.165, 1.54) is 23.9 Å². The Balaban J connectivity index is 1.91. The van der Waals surface area contributed by atoms with Crippen LogP contribution in [0.3, 0.4) is 0 Å². The lowest BCUT2D eigenvalue weighted by atomic mass is 10.1. The van der Waals surface area contributed by atoms with Crippen molar-refractivity contribution in [2.75, 3.05) is 0 Å². The number of thioether (sulfide) groups is 1. The number of hydrogen-bond acceptors (Lipinski definition) is 5. The lowest BCUT2D eigenvalue weighted by Gasteiger charge is -2.01. The molecule has 0 spiro atoms. The normalized spacial score (nSPS) is 12.1. The highest BCUT2D eigenvalue weighted by Crippen LogP contribution is 2.24. The van der Waals surface area contributed by atoms with E-state index < -0.39 is 0 Å². The van der Waals surface area contributed by atoms with Crippen molar-refractivity contribution in [2.24, 2.45) is 0 Å². The number of rotatable bonds is 6. The third-order valence-corrected chi connectivity index (χ3v) is 3.75. The molecular weight excluding hydrogens is 277 g/mol. The minimum Gasteiger partial charge on any atom is -0.339 e. The van der Waals surface area contributed by atoms with Gasteiger partial charge in [-0.1, -0.05) is 18.1 Å². The van der Waals surface area contributed by atoms with Crippen molar-refractivity contribution in [1.82, 2.24) is 10.1 Å². The third kappa shape index (κ3) is 4.07. The van der Waals surface area contributed by atoms with Crippen LogP contribution in [0.2, 0.25) is 0 Å². The maximum absolute atomic E-state index is 13.0. The van der Waals surface area contributed by atoms with Gasteiger partial charge in [-0.25, -0.2) is 4.39 Å². The maximum atomic E-state index is 13.0. The molecule has 1 atom stereocenters. The highest BCUT2D eigenvalue weighted by Gasteiger charge is 2.14. The Morgan fingerprint density at radius 2 is 2.35 bits per heavy atom. The molecule has 0 saturated carbocycles. The number of halogens is 1. The molecule has 104 valence electrons. The number of hydrogen-bond donors (Lipinski definition) is 0. The SMILES string of the molecule is CC(CCC#N)c1nc(CSc2cccc(F)c2)no1. The van der Waals surface area contributed by atoms with Crippen molar-refractivity contribution in [1.29, 1.82) is 5.26 Å². The molecule has 0 saturated heterocycles. The molecule has 1 unspecified atom stereocenters. The van der Waals surface area contributed by atoms with Gasteiger partial charge in [-0.3, -0.25) is 0 Å². The molecule has 1 heterocycles. The van der Waals surface area contributed by atoms with Crippen LogP contribution < -0.4 is 0 Å². The average Bonchev–Trinajstić information content (AvgIpc) is 2.91. The molecule has 0 fully saturated rings. The molecule has 1 aromatic heterocycles. The van der Waals surface area contributed by atoms with E-state index in [-0.39, 0.29) is 11.7 Å². The molecule has 2 rings (SSSR count). The van der Waals surface area contributed by atoms with E-state index in [0.29, 0.717) is 30.3 Å². The van der Waals surface area contributed by atoms with Crippen LogP contribution in [0.25, 0.3) is 0 Å². The minimum absolute atomic E-state index is 0.0788. The van der Waals surface area contributed by atoms with Crippen LogP contribution in [-0.2, 0) is 5.75 Å². The summed E-state index contributed by atoms with van der Waals surface area (Å²) in [6.45, 7) is 1.95. The highest BCUT2D eigenvalue weighted by molar-refractivity contribution is 7.98. The summed E-state index contributed by atoms with van der Waals surface area (Å²) in [6, 6.07) is 8.49. The molecule has 0 radical (unpaired) electrons. The zero-order chi connectivity index (χ0) is 14.4. The summed E-state index contributed by atoms with van der Waals surface area (Å²) < 4.78 is 18.2. The molecule has 1 aromatic carbocycles. The largest absolute Gasteiger partial charge is 0.339 e. The van der Waals surface area contributed by atoms with Crippen LogP contribution in [-0.4, -0.2) is 10.1 Å². The quantitative estimate of drug-likeness (QED) is 0.755. The summed E-state index contributed by atoms with van der Waals surface area (Å²) in [7, 11) is 0. The second kappa shape index (κ2) is 7.06. The Bertz CT molecular complexity index is 608. The fourth-order valence-corrected chi connectivity index (χ4v) is 2.42. The minimum atomic E-state index is -0.256. The van der Waals surface area contributed by atoms with E-state index in [2.05, 4.69) is 16.2 Å². The monoisotopic (exact) mass is 291 g/mol. The number of nitriles is 1. The fourth-order valence-electron chi connectivity index (χ4n) is 1.64. The Kier molecular flexibility index (Phi) is 5.13. The van der Waals surface area contributed by atoms with Gasteiger partial charge in [0.25, 0.3) is 0 Å². The number of benzene rings is 1. The molecule has 6 heteroatoms. The summed E-state index contributed by atoms with van der Waals surface area (Å²) in [5, 5.41) is 12.4. The zero-order valence-electron chi connectivity index (χ0n) is 11.0. The van der Waals surface area contributed by atoms with Crippen LogP contribution in [0.5, 0.6) is 0 Å². The van der Waals surface area contributed by atoms with Crippen molar-refractivity contribution < 1.29 is 8.91 Å². The van der Waals surface area contributed by atoms with Crippen molar-refractivity contribution in [2.45, 2.75) is 36.3 Å². The van der Waals surface area contributed by atoms with E-state index in [1.54, 1.807) is 6.07 Å². The van der Waals surface area contributed by atoms with Gasteiger partial charge in [0.2, 0.25) is 5.89 Å². The van der Waals surface area contributed by atoms with Crippen LogP contribution in [0.15, 0.2) is 33.7 Å². The zero-order valence-corrected chi connectivity index (χ0v) is 11.9. The first-order valence-electron chi connectivity index (χ1n) is 6.27. The van der Waals surface area contributed by atoms with E-state index in [0.717, 1.165) is 4.90 Å². The second-order valence-corrected chi connectivity index (χ2v) is 5.44. The van der Waals surface area contributed by atoms with E-state index >= 15 is 0 Å². The molecule has 0 amide bonds. The van der Waals surface area contributed by atoms with Gasteiger partial charge in [-0.15, -0.1) is 11.8 Å². The van der Waals surface area contributed by atoms with Crippen LogP contribution >= 0.6 is 11.8 Å². The van der Waals surface area contributed by atoms with Gasteiger partial charge in [0.1, 0.15) is 5.82 Å². The summed E-state index contributed by atoms with van der Waals surface area (Å²) in [4.78, 5) is 5.13. The van der Waals surface area contributed by atoms with Gasteiger partial charge in [-0.2, -0.15) is 10.2 Å². The third-order valence-electron chi connectivity index (χ3n) is 2.76. The predicted octanol–water partition coefficient (Wildman–Crippen LogP) is 3.91. The summed E-state index contributed by atoms with van der Waals surface area (Å²) in [6.07, 6.45) is 1.17. The second-order valence-electron chi connectivity index (χ2n) is 4.39. The van der Waals surface area contributed by atoms with Gasteiger partial charge in [0.15, 0.2) is 5.82 Å². The topological polar surface area (TPSA) is 62.7 Å². The van der Waals surface area contributed by atoms with Crippen molar-refractivity contribution in [3.05, 3.63) is 41.8 Å². The Morgan fingerprint density at radius 3 is 3.10 bits per heavy atom.